The Balaban J connectivity index is 1.39. The second-order valence-corrected chi connectivity index (χ2v) is 7.44. The average Bonchev–Trinajstić information content (AvgIpc) is 3.15. The van der Waals surface area contributed by atoms with Gasteiger partial charge in [0, 0.05) is 12.0 Å². The molecular formula is C25H25NO3. The number of ether oxygens (including phenoxy) is 2. The van der Waals surface area contributed by atoms with Crippen LogP contribution in [0.2, 0.25) is 0 Å². The molecule has 29 heavy (non-hydrogen) atoms. The van der Waals surface area contributed by atoms with E-state index in [4.69, 9.17) is 9.47 Å². The second-order valence-electron chi connectivity index (χ2n) is 7.44. The summed E-state index contributed by atoms with van der Waals surface area (Å²) in [7, 11) is 0. The zero-order chi connectivity index (χ0) is 20.2. The summed E-state index contributed by atoms with van der Waals surface area (Å²) in [6, 6.07) is 22.2. The smallest absolute Gasteiger partial charge is 0.407 e. The maximum absolute atomic E-state index is 12.0. The van der Waals surface area contributed by atoms with Crippen LogP contribution in [0.4, 0.5) is 4.79 Å². The van der Waals surface area contributed by atoms with Crippen LogP contribution >= 0.6 is 0 Å². The fraction of sp³-hybridized carbons (Fsp3) is 0.240. The number of benzene rings is 3. The number of nitrogens with one attached hydrogen (secondary N) is 1. The first kappa shape index (κ1) is 19.1. The normalized spacial score (nSPS) is 14.8. The van der Waals surface area contributed by atoms with Gasteiger partial charge < -0.3 is 14.8 Å². The van der Waals surface area contributed by atoms with Gasteiger partial charge in [-0.05, 0) is 47.7 Å². The molecule has 0 aliphatic carbocycles. The number of alkyl carbamates (subject to hydrolysis) is 1. The van der Waals surface area contributed by atoms with Gasteiger partial charge in [0.2, 0.25) is 0 Å². The van der Waals surface area contributed by atoms with Crippen molar-refractivity contribution in [2.24, 2.45) is 0 Å². The number of fused-ring (bicyclic) bond motifs is 1. The van der Waals surface area contributed by atoms with Gasteiger partial charge in [-0.3, -0.25) is 0 Å². The molecule has 3 aromatic carbocycles. The first-order chi connectivity index (χ1) is 14.1. The molecule has 4 rings (SSSR count). The van der Waals surface area contributed by atoms with E-state index in [9.17, 15) is 4.79 Å². The molecule has 148 valence electrons. The molecule has 0 fully saturated rings. The van der Waals surface area contributed by atoms with Crippen LogP contribution < -0.4 is 10.1 Å². The standard InChI is InChI=1S/C25H25NO3/c1-17-8-6-9-18(2)24(17)21-12-7-13-23-22(21)14-20(29-23)15-26-25(27)28-16-19-10-4-3-5-11-19/h3-13,20H,14-16H2,1-2H3,(H,26,27). The Hall–Kier alpha value is -3.27. The van der Waals surface area contributed by atoms with Crippen molar-refractivity contribution in [3.63, 3.8) is 0 Å². The molecule has 1 aliphatic heterocycles. The molecule has 1 aliphatic rings. The molecule has 1 unspecified atom stereocenters. The van der Waals surface area contributed by atoms with Crippen molar-refractivity contribution in [3.05, 3.63) is 89.0 Å². The summed E-state index contributed by atoms with van der Waals surface area (Å²) in [6.07, 6.45) is 0.237. The Labute approximate surface area is 171 Å². The van der Waals surface area contributed by atoms with E-state index in [0.29, 0.717) is 6.54 Å². The van der Waals surface area contributed by atoms with Crippen molar-refractivity contribution in [2.45, 2.75) is 33.0 Å². The van der Waals surface area contributed by atoms with Crippen LogP contribution in [0.5, 0.6) is 5.75 Å². The summed E-state index contributed by atoms with van der Waals surface area (Å²) in [5.74, 6) is 0.898. The third-order valence-electron chi connectivity index (χ3n) is 5.30. The van der Waals surface area contributed by atoms with E-state index >= 15 is 0 Å². The number of hydrogen-bond donors (Lipinski definition) is 1. The van der Waals surface area contributed by atoms with E-state index in [-0.39, 0.29) is 12.7 Å². The summed E-state index contributed by atoms with van der Waals surface area (Å²) in [6.45, 7) is 4.95. The highest BCUT2D eigenvalue weighted by Gasteiger charge is 2.27. The molecule has 0 spiro atoms. The fourth-order valence-electron chi connectivity index (χ4n) is 3.89. The van der Waals surface area contributed by atoms with Gasteiger partial charge in [-0.2, -0.15) is 0 Å². The summed E-state index contributed by atoms with van der Waals surface area (Å²) in [5, 5.41) is 2.83. The van der Waals surface area contributed by atoms with Crippen LogP contribution in [0.3, 0.4) is 0 Å². The highest BCUT2D eigenvalue weighted by Crippen LogP contribution is 2.39. The summed E-state index contributed by atoms with van der Waals surface area (Å²) in [4.78, 5) is 12.0. The zero-order valence-corrected chi connectivity index (χ0v) is 16.8. The number of amides is 1. The highest BCUT2D eigenvalue weighted by atomic mass is 16.5. The molecule has 1 atom stereocenters. The molecule has 1 N–H and O–H groups in total. The lowest BCUT2D eigenvalue weighted by Gasteiger charge is -2.13. The summed E-state index contributed by atoms with van der Waals surface area (Å²) < 4.78 is 11.4. The minimum Gasteiger partial charge on any atom is -0.488 e. The van der Waals surface area contributed by atoms with Crippen LogP contribution in [0, 0.1) is 13.8 Å². The Morgan fingerprint density at radius 2 is 1.72 bits per heavy atom. The van der Waals surface area contributed by atoms with E-state index < -0.39 is 6.09 Å². The Bertz CT molecular complexity index is 994. The van der Waals surface area contributed by atoms with Crippen molar-refractivity contribution in [3.8, 4) is 16.9 Å². The van der Waals surface area contributed by atoms with Crippen LogP contribution in [0.15, 0.2) is 66.7 Å². The first-order valence-electron chi connectivity index (χ1n) is 9.91. The Morgan fingerprint density at radius 3 is 2.48 bits per heavy atom. The SMILES string of the molecule is Cc1cccc(C)c1-c1cccc2c1CC(CNC(=O)OCc1ccccc1)O2. The van der Waals surface area contributed by atoms with Gasteiger partial charge in [0.15, 0.2) is 0 Å². The lowest BCUT2D eigenvalue weighted by atomic mass is 9.91. The van der Waals surface area contributed by atoms with Crippen molar-refractivity contribution in [2.75, 3.05) is 6.54 Å². The number of carbonyl (C=O) groups excluding carboxylic acids is 1. The van der Waals surface area contributed by atoms with E-state index in [1.54, 1.807) is 0 Å². The Morgan fingerprint density at radius 1 is 1.00 bits per heavy atom. The van der Waals surface area contributed by atoms with Gasteiger partial charge in [0.05, 0.1) is 6.54 Å². The summed E-state index contributed by atoms with van der Waals surface area (Å²) in [5.41, 5.74) is 7.16. The lowest BCUT2D eigenvalue weighted by molar-refractivity contribution is 0.133. The van der Waals surface area contributed by atoms with Crippen LogP contribution in [-0.4, -0.2) is 18.7 Å². The molecule has 0 aromatic heterocycles. The maximum Gasteiger partial charge on any atom is 0.407 e. The molecule has 0 saturated carbocycles. The van der Waals surface area contributed by atoms with E-state index in [0.717, 1.165) is 17.7 Å². The topological polar surface area (TPSA) is 47.6 Å². The van der Waals surface area contributed by atoms with Gasteiger partial charge in [-0.25, -0.2) is 4.79 Å². The lowest BCUT2D eigenvalue weighted by Crippen LogP contribution is -2.34. The van der Waals surface area contributed by atoms with E-state index in [2.05, 4.69) is 43.4 Å². The summed E-state index contributed by atoms with van der Waals surface area (Å²) >= 11 is 0. The average molecular weight is 387 g/mol. The Kier molecular flexibility index (Phi) is 5.52. The third kappa shape index (κ3) is 4.27. The van der Waals surface area contributed by atoms with Crippen LogP contribution in [0.1, 0.15) is 22.3 Å². The van der Waals surface area contributed by atoms with Crippen molar-refractivity contribution < 1.29 is 14.3 Å². The van der Waals surface area contributed by atoms with Crippen molar-refractivity contribution in [1.82, 2.24) is 5.32 Å². The van der Waals surface area contributed by atoms with Gasteiger partial charge in [0.25, 0.3) is 0 Å². The van der Waals surface area contributed by atoms with E-state index in [1.165, 1.54) is 27.8 Å². The van der Waals surface area contributed by atoms with E-state index in [1.807, 2.05) is 42.5 Å². The highest BCUT2D eigenvalue weighted by molar-refractivity contribution is 5.76. The minimum atomic E-state index is -0.427. The largest absolute Gasteiger partial charge is 0.488 e. The van der Waals surface area contributed by atoms with Gasteiger partial charge >= 0.3 is 6.09 Å². The predicted molar refractivity (Wildman–Crippen MR) is 114 cm³/mol. The van der Waals surface area contributed by atoms with Crippen molar-refractivity contribution >= 4 is 6.09 Å². The molecule has 3 aromatic rings. The van der Waals surface area contributed by atoms with Gasteiger partial charge in [-0.1, -0.05) is 60.7 Å². The first-order valence-corrected chi connectivity index (χ1v) is 9.91. The van der Waals surface area contributed by atoms with Crippen LogP contribution in [0.25, 0.3) is 11.1 Å². The zero-order valence-electron chi connectivity index (χ0n) is 16.8. The molecule has 4 nitrogen and oxygen atoms in total. The molecule has 0 radical (unpaired) electrons. The minimum absolute atomic E-state index is 0.0975. The monoisotopic (exact) mass is 387 g/mol. The predicted octanol–water partition coefficient (Wildman–Crippen LogP) is 5.20. The fourth-order valence-corrected chi connectivity index (χ4v) is 3.89. The number of carbonyl (C=O) groups is 1. The quantitative estimate of drug-likeness (QED) is 0.654. The molecule has 1 heterocycles. The molecule has 1 amide bonds. The molecule has 0 saturated heterocycles. The number of rotatable bonds is 5. The number of aryl methyl sites for hydroxylation is 2. The second kappa shape index (κ2) is 8.39. The van der Waals surface area contributed by atoms with Crippen molar-refractivity contribution in [1.29, 1.82) is 0 Å². The van der Waals surface area contributed by atoms with Gasteiger partial charge in [-0.15, -0.1) is 0 Å². The molecular weight excluding hydrogens is 362 g/mol. The van der Waals surface area contributed by atoms with Gasteiger partial charge in [0.1, 0.15) is 18.5 Å². The maximum atomic E-state index is 12.0. The molecule has 0 bridgehead atoms. The molecule has 4 heteroatoms. The number of hydrogen-bond acceptors (Lipinski definition) is 3. The van der Waals surface area contributed by atoms with Crippen LogP contribution in [-0.2, 0) is 17.8 Å². The third-order valence-corrected chi connectivity index (χ3v) is 5.30.